The molecule has 0 bridgehead atoms. The van der Waals surface area contributed by atoms with Gasteiger partial charge in [0, 0.05) is 12.1 Å². The molecule has 6 heteroatoms. The Labute approximate surface area is 166 Å². The molecule has 28 heavy (non-hydrogen) atoms. The van der Waals surface area contributed by atoms with Crippen molar-refractivity contribution in [2.45, 2.75) is 0 Å². The number of nitrogens with zero attached hydrogens (tertiary/aromatic N) is 1. The molecule has 6 nitrogen and oxygen atoms in total. The van der Waals surface area contributed by atoms with Crippen molar-refractivity contribution in [3.8, 4) is 11.5 Å². The highest BCUT2D eigenvalue weighted by atomic mass is 16.6. The van der Waals surface area contributed by atoms with E-state index in [1.165, 1.54) is 0 Å². The topological polar surface area (TPSA) is 50.0 Å². The average Bonchev–Trinajstić information content (AvgIpc) is 2.72. The minimum absolute atomic E-state index is 0.454. The van der Waals surface area contributed by atoms with E-state index in [0.717, 1.165) is 11.1 Å². The van der Waals surface area contributed by atoms with E-state index in [1.807, 2.05) is 42.2 Å². The molecule has 3 rings (SSSR count). The zero-order valence-electron chi connectivity index (χ0n) is 16.3. The Balaban J connectivity index is 1.67. The van der Waals surface area contributed by atoms with Gasteiger partial charge < -0.3 is 23.7 Å². The maximum Gasteiger partial charge on any atom is 0.169 e. The molecular formula is C22H28NO5+. The van der Waals surface area contributed by atoms with Crippen LogP contribution in [0.25, 0.3) is 12.2 Å². The molecule has 0 fully saturated rings. The van der Waals surface area contributed by atoms with Crippen molar-refractivity contribution < 1.29 is 28.3 Å². The van der Waals surface area contributed by atoms with Gasteiger partial charge in [-0.2, -0.15) is 0 Å². The summed E-state index contributed by atoms with van der Waals surface area (Å²) in [6.07, 6.45) is 8.18. The van der Waals surface area contributed by atoms with Gasteiger partial charge in [0.15, 0.2) is 23.9 Å². The summed E-state index contributed by atoms with van der Waals surface area (Å²) >= 11 is 0. The molecule has 0 atom stereocenters. The minimum Gasteiger partial charge on any atom is -0.487 e. The zero-order chi connectivity index (χ0) is 19.4. The second-order valence-corrected chi connectivity index (χ2v) is 6.37. The lowest BCUT2D eigenvalue weighted by Crippen LogP contribution is -2.25. The summed E-state index contributed by atoms with van der Waals surface area (Å²) < 4.78 is 30.2. The van der Waals surface area contributed by atoms with E-state index in [-0.39, 0.29) is 0 Å². The van der Waals surface area contributed by atoms with E-state index >= 15 is 0 Å². The van der Waals surface area contributed by atoms with Crippen LogP contribution in [0.2, 0.25) is 0 Å². The first kappa shape index (κ1) is 20.3. The molecule has 2 heterocycles. The van der Waals surface area contributed by atoms with Gasteiger partial charge >= 0.3 is 0 Å². The van der Waals surface area contributed by atoms with Gasteiger partial charge in [-0.1, -0.05) is 18.2 Å². The van der Waals surface area contributed by atoms with Crippen LogP contribution in [0.3, 0.4) is 0 Å². The molecule has 0 amide bonds. The summed E-state index contributed by atoms with van der Waals surface area (Å²) in [5.74, 6) is 1.41. The first-order valence-electron chi connectivity index (χ1n) is 9.57. The quantitative estimate of drug-likeness (QED) is 0.743. The highest BCUT2D eigenvalue weighted by molar-refractivity contribution is 5.70. The SMILES string of the molecule is C[n+]1ccc(/C=C/c2ccc3c(c2)OCCOCCOCCOCCO3)cc1. The molecule has 150 valence electrons. The fourth-order valence-corrected chi connectivity index (χ4v) is 2.64. The van der Waals surface area contributed by atoms with Crippen molar-refractivity contribution in [1.29, 1.82) is 0 Å². The lowest BCUT2D eigenvalue weighted by Gasteiger charge is -2.13. The maximum absolute atomic E-state index is 5.90. The van der Waals surface area contributed by atoms with E-state index < -0.39 is 0 Å². The van der Waals surface area contributed by atoms with Crippen molar-refractivity contribution in [3.63, 3.8) is 0 Å². The molecule has 0 aliphatic carbocycles. The number of pyridine rings is 1. The predicted octanol–water partition coefficient (Wildman–Crippen LogP) is 2.50. The van der Waals surface area contributed by atoms with E-state index in [2.05, 4.69) is 24.3 Å². The Hall–Kier alpha value is -2.41. The lowest BCUT2D eigenvalue weighted by molar-refractivity contribution is -0.671. The summed E-state index contributed by atoms with van der Waals surface area (Å²) in [6.45, 7) is 4.14. The highest BCUT2D eigenvalue weighted by Crippen LogP contribution is 2.29. The standard InChI is InChI=1S/C22H28NO5/c1-23-8-6-19(7-9-23)2-3-20-4-5-21-22(18-20)28-17-15-26-13-11-24-10-12-25-14-16-27-21/h2-9,18H,10-17H2,1H3/q+1/b3-2+. The predicted molar refractivity (Wildman–Crippen MR) is 106 cm³/mol. The number of hydrogen-bond acceptors (Lipinski definition) is 5. The molecule has 1 aromatic heterocycles. The first-order valence-corrected chi connectivity index (χ1v) is 9.57. The fraction of sp³-hybridized carbons (Fsp3) is 0.409. The average molecular weight is 386 g/mol. The van der Waals surface area contributed by atoms with Crippen LogP contribution < -0.4 is 14.0 Å². The van der Waals surface area contributed by atoms with Crippen LogP contribution in [0.5, 0.6) is 11.5 Å². The van der Waals surface area contributed by atoms with Crippen LogP contribution in [0.1, 0.15) is 11.1 Å². The third-order valence-electron chi connectivity index (χ3n) is 4.15. The second-order valence-electron chi connectivity index (χ2n) is 6.37. The molecule has 2 aromatic rings. The van der Waals surface area contributed by atoms with Crippen LogP contribution in [0, 0.1) is 0 Å². The number of aryl methyl sites for hydroxylation is 1. The van der Waals surface area contributed by atoms with Crippen molar-refractivity contribution >= 4 is 12.2 Å². The van der Waals surface area contributed by atoms with Gasteiger partial charge in [0.1, 0.15) is 20.3 Å². The summed E-state index contributed by atoms with van der Waals surface area (Å²) in [5, 5.41) is 0. The fourth-order valence-electron chi connectivity index (χ4n) is 2.64. The monoisotopic (exact) mass is 386 g/mol. The van der Waals surface area contributed by atoms with Gasteiger partial charge in [0.25, 0.3) is 0 Å². The van der Waals surface area contributed by atoms with Crippen LogP contribution in [0.15, 0.2) is 42.7 Å². The third-order valence-corrected chi connectivity index (χ3v) is 4.15. The van der Waals surface area contributed by atoms with Crippen molar-refractivity contribution in [1.82, 2.24) is 0 Å². The Kier molecular flexibility index (Phi) is 8.30. The van der Waals surface area contributed by atoms with Crippen LogP contribution >= 0.6 is 0 Å². The normalized spacial score (nSPS) is 17.0. The molecule has 0 saturated heterocycles. The largest absolute Gasteiger partial charge is 0.487 e. The molecule has 0 saturated carbocycles. The Morgan fingerprint density at radius 2 is 1.18 bits per heavy atom. The Morgan fingerprint density at radius 3 is 1.82 bits per heavy atom. The zero-order valence-corrected chi connectivity index (χ0v) is 16.3. The van der Waals surface area contributed by atoms with Crippen LogP contribution in [-0.4, -0.2) is 52.9 Å². The van der Waals surface area contributed by atoms with Gasteiger partial charge in [-0.15, -0.1) is 0 Å². The molecular weight excluding hydrogens is 358 g/mol. The lowest BCUT2D eigenvalue weighted by atomic mass is 10.1. The van der Waals surface area contributed by atoms with Crippen molar-refractivity contribution in [2.24, 2.45) is 7.05 Å². The molecule has 1 aliphatic heterocycles. The van der Waals surface area contributed by atoms with Crippen molar-refractivity contribution in [3.05, 3.63) is 53.9 Å². The number of benzene rings is 1. The molecule has 1 aromatic carbocycles. The summed E-state index contributed by atoms with van der Waals surface area (Å²) in [4.78, 5) is 0. The number of hydrogen-bond donors (Lipinski definition) is 0. The molecule has 0 radical (unpaired) electrons. The van der Waals surface area contributed by atoms with Crippen molar-refractivity contribution in [2.75, 3.05) is 52.9 Å². The third kappa shape index (κ3) is 6.96. The number of aromatic nitrogens is 1. The summed E-state index contributed by atoms with van der Waals surface area (Å²) in [5.41, 5.74) is 2.18. The van der Waals surface area contributed by atoms with E-state index in [9.17, 15) is 0 Å². The summed E-state index contributed by atoms with van der Waals surface area (Å²) in [6, 6.07) is 10.1. The van der Waals surface area contributed by atoms with E-state index in [0.29, 0.717) is 64.4 Å². The van der Waals surface area contributed by atoms with Crippen LogP contribution in [-0.2, 0) is 21.3 Å². The minimum atomic E-state index is 0.454. The molecule has 0 N–H and O–H groups in total. The number of fused-ring (bicyclic) bond motifs is 1. The Morgan fingerprint density at radius 1 is 0.643 bits per heavy atom. The van der Waals surface area contributed by atoms with Gasteiger partial charge in [-0.3, -0.25) is 0 Å². The van der Waals surface area contributed by atoms with E-state index in [4.69, 9.17) is 23.7 Å². The molecule has 0 spiro atoms. The molecule has 0 unspecified atom stereocenters. The van der Waals surface area contributed by atoms with Gasteiger partial charge in [0.2, 0.25) is 0 Å². The highest BCUT2D eigenvalue weighted by Gasteiger charge is 2.07. The second kappa shape index (κ2) is 11.4. The number of ether oxygens (including phenoxy) is 5. The first-order chi connectivity index (χ1) is 13.8. The number of rotatable bonds is 2. The molecule has 1 aliphatic rings. The van der Waals surface area contributed by atoms with Gasteiger partial charge in [0.05, 0.1) is 39.6 Å². The maximum atomic E-state index is 5.90. The summed E-state index contributed by atoms with van der Waals surface area (Å²) in [7, 11) is 2.00. The smallest absolute Gasteiger partial charge is 0.169 e. The van der Waals surface area contributed by atoms with Crippen LogP contribution in [0.4, 0.5) is 0 Å². The Bertz CT molecular complexity index is 745. The van der Waals surface area contributed by atoms with E-state index in [1.54, 1.807) is 0 Å². The van der Waals surface area contributed by atoms with Gasteiger partial charge in [-0.05, 0) is 23.3 Å². The van der Waals surface area contributed by atoms with Gasteiger partial charge in [-0.25, -0.2) is 4.57 Å².